The maximum atomic E-state index is 12.3. The van der Waals surface area contributed by atoms with Gasteiger partial charge in [0.15, 0.2) is 5.78 Å². The van der Waals surface area contributed by atoms with Crippen LogP contribution >= 0.6 is 12.4 Å². The van der Waals surface area contributed by atoms with Crippen LogP contribution in [0.25, 0.3) is 10.9 Å². The Hall–Kier alpha value is -1.32. The Morgan fingerprint density at radius 3 is 2.71 bits per heavy atom. The molecular weight excluding hydrogens is 284 g/mol. The van der Waals surface area contributed by atoms with E-state index in [-0.39, 0.29) is 12.4 Å². The van der Waals surface area contributed by atoms with E-state index < -0.39 is 0 Å². The van der Waals surface area contributed by atoms with Crippen LogP contribution in [-0.4, -0.2) is 35.9 Å². The summed E-state index contributed by atoms with van der Waals surface area (Å²) in [5.41, 5.74) is 3.49. The molecule has 1 aliphatic rings. The number of hydrogen-bond acceptors (Lipinski definition) is 2. The van der Waals surface area contributed by atoms with Crippen molar-refractivity contribution in [3.05, 3.63) is 35.5 Å². The van der Waals surface area contributed by atoms with Crippen LogP contribution in [0.1, 0.15) is 35.3 Å². The number of carbonyl (C=O) groups is 1. The van der Waals surface area contributed by atoms with Gasteiger partial charge in [0.2, 0.25) is 0 Å². The second-order valence-corrected chi connectivity index (χ2v) is 5.93. The molecule has 0 fully saturated rings. The van der Waals surface area contributed by atoms with Crippen LogP contribution in [0.3, 0.4) is 0 Å². The molecule has 0 radical (unpaired) electrons. The van der Waals surface area contributed by atoms with Gasteiger partial charge in [-0.05, 0) is 51.5 Å². The molecule has 1 heterocycles. The van der Waals surface area contributed by atoms with E-state index in [1.54, 1.807) is 0 Å². The minimum atomic E-state index is 0. The van der Waals surface area contributed by atoms with Crippen molar-refractivity contribution in [2.24, 2.45) is 0 Å². The highest BCUT2D eigenvalue weighted by atomic mass is 35.5. The van der Waals surface area contributed by atoms with E-state index in [1.165, 1.54) is 16.5 Å². The lowest BCUT2D eigenvalue weighted by Gasteiger charge is -2.16. The van der Waals surface area contributed by atoms with Gasteiger partial charge in [0.1, 0.15) is 0 Å². The first-order valence-electron chi connectivity index (χ1n) is 7.46. The fourth-order valence-electron chi connectivity index (χ4n) is 3.27. The average molecular weight is 307 g/mol. The third-order valence-corrected chi connectivity index (χ3v) is 4.16. The fraction of sp³-hybridized carbons (Fsp3) is 0.471. The molecule has 0 saturated carbocycles. The Morgan fingerprint density at radius 1 is 1.19 bits per heavy atom. The van der Waals surface area contributed by atoms with Crippen molar-refractivity contribution >= 4 is 29.1 Å². The van der Waals surface area contributed by atoms with E-state index in [0.717, 1.165) is 38.0 Å². The lowest BCUT2D eigenvalue weighted by atomic mass is 9.94. The minimum Gasteiger partial charge on any atom is -0.338 e. The Labute approximate surface area is 132 Å². The molecule has 0 unspecified atom stereocenters. The number of para-hydroxylation sites is 1. The molecule has 3 rings (SSSR count). The molecule has 21 heavy (non-hydrogen) atoms. The molecule has 1 aliphatic carbocycles. The number of fused-ring (bicyclic) bond motifs is 3. The molecular formula is C17H23ClN2O. The number of benzene rings is 1. The summed E-state index contributed by atoms with van der Waals surface area (Å²) in [6.07, 6.45) is 3.82. The molecule has 0 bridgehead atoms. The Balaban J connectivity index is 0.00000161. The van der Waals surface area contributed by atoms with Gasteiger partial charge < -0.3 is 9.47 Å². The lowest BCUT2D eigenvalue weighted by molar-refractivity contribution is 0.0963. The predicted molar refractivity (Wildman–Crippen MR) is 89.6 cm³/mol. The molecule has 0 saturated heterocycles. The summed E-state index contributed by atoms with van der Waals surface area (Å²) < 4.78 is 2.26. The monoisotopic (exact) mass is 306 g/mol. The number of hydrogen-bond donors (Lipinski definition) is 0. The van der Waals surface area contributed by atoms with Crippen LogP contribution in [0, 0.1) is 0 Å². The van der Waals surface area contributed by atoms with Crippen molar-refractivity contribution in [3.63, 3.8) is 0 Å². The largest absolute Gasteiger partial charge is 0.338 e. The third-order valence-electron chi connectivity index (χ3n) is 4.16. The van der Waals surface area contributed by atoms with E-state index in [2.05, 4.69) is 47.8 Å². The van der Waals surface area contributed by atoms with Crippen molar-refractivity contribution in [3.8, 4) is 0 Å². The molecule has 1 aromatic carbocycles. The lowest BCUT2D eigenvalue weighted by Crippen LogP contribution is -2.18. The molecule has 114 valence electrons. The van der Waals surface area contributed by atoms with Gasteiger partial charge in [-0.2, -0.15) is 0 Å². The van der Waals surface area contributed by atoms with Crippen LogP contribution in [0.5, 0.6) is 0 Å². The summed E-state index contributed by atoms with van der Waals surface area (Å²) in [6.45, 7) is 1.98. The number of Topliss-reactive ketones (excluding diaryl/α,β-unsaturated/α-hetero) is 1. The van der Waals surface area contributed by atoms with Crippen LogP contribution in [-0.2, 0) is 13.0 Å². The summed E-state index contributed by atoms with van der Waals surface area (Å²) in [6, 6.07) is 8.46. The number of ketones is 1. The van der Waals surface area contributed by atoms with E-state index in [9.17, 15) is 4.79 Å². The standard InChI is InChI=1S/C17H22N2O.ClH/c1-18(2)11-6-12-19-15-9-4-3-7-13(15)14-8-5-10-16(20)17(14)19;/h3-4,7,9H,5-6,8,10-12H2,1-2H3;1H. The highest BCUT2D eigenvalue weighted by Gasteiger charge is 2.25. The highest BCUT2D eigenvalue weighted by Crippen LogP contribution is 2.32. The quantitative estimate of drug-likeness (QED) is 0.863. The number of aromatic nitrogens is 1. The first-order valence-corrected chi connectivity index (χ1v) is 7.46. The van der Waals surface area contributed by atoms with Crippen LogP contribution in [0.4, 0.5) is 0 Å². The number of nitrogens with zero attached hydrogens (tertiary/aromatic N) is 2. The molecule has 0 atom stereocenters. The summed E-state index contributed by atoms with van der Waals surface area (Å²) in [5, 5.41) is 1.28. The van der Waals surface area contributed by atoms with Gasteiger partial charge in [0, 0.05) is 23.9 Å². The zero-order valence-electron chi connectivity index (χ0n) is 12.8. The van der Waals surface area contributed by atoms with Crippen molar-refractivity contribution in [2.45, 2.75) is 32.2 Å². The molecule has 0 N–H and O–H groups in total. The van der Waals surface area contributed by atoms with Crippen molar-refractivity contribution < 1.29 is 4.79 Å². The maximum absolute atomic E-state index is 12.3. The van der Waals surface area contributed by atoms with Gasteiger partial charge in [-0.3, -0.25) is 4.79 Å². The SMILES string of the molecule is CN(C)CCCn1c2c(c3ccccc31)CCCC2=O.Cl. The van der Waals surface area contributed by atoms with Gasteiger partial charge in [0.05, 0.1) is 5.69 Å². The van der Waals surface area contributed by atoms with E-state index in [4.69, 9.17) is 0 Å². The van der Waals surface area contributed by atoms with Gasteiger partial charge in [0.25, 0.3) is 0 Å². The Morgan fingerprint density at radius 2 is 1.95 bits per heavy atom. The third kappa shape index (κ3) is 2.99. The van der Waals surface area contributed by atoms with Crippen molar-refractivity contribution in [1.29, 1.82) is 0 Å². The predicted octanol–water partition coefficient (Wildman–Crippen LogP) is 3.53. The molecule has 3 nitrogen and oxygen atoms in total. The van der Waals surface area contributed by atoms with Crippen LogP contribution in [0.2, 0.25) is 0 Å². The minimum absolute atomic E-state index is 0. The molecule has 1 aromatic heterocycles. The zero-order valence-corrected chi connectivity index (χ0v) is 13.6. The van der Waals surface area contributed by atoms with Crippen molar-refractivity contribution in [2.75, 3.05) is 20.6 Å². The zero-order chi connectivity index (χ0) is 14.1. The molecule has 0 aliphatic heterocycles. The fourth-order valence-corrected chi connectivity index (χ4v) is 3.27. The number of rotatable bonds is 4. The normalized spacial score (nSPS) is 14.3. The van der Waals surface area contributed by atoms with Gasteiger partial charge in [-0.1, -0.05) is 18.2 Å². The molecule has 4 heteroatoms. The first kappa shape index (κ1) is 16.1. The second-order valence-electron chi connectivity index (χ2n) is 5.93. The Kier molecular flexibility index (Phi) is 5.07. The smallest absolute Gasteiger partial charge is 0.179 e. The molecule has 2 aromatic rings. The van der Waals surface area contributed by atoms with Crippen LogP contribution in [0.15, 0.2) is 24.3 Å². The highest BCUT2D eigenvalue weighted by molar-refractivity contribution is 6.04. The topological polar surface area (TPSA) is 25.2 Å². The summed E-state index contributed by atoms with van der Waals surface area (Å²) in [4.78, 5) is 14.5. The van der Waals surface area contributed by atoms with E-state index in [1.807, 2.05) is 0 Å². The van der Waals surface area contributed by atoms with Gasteiger partial charge >= 0.3 is 0 Å². The van der Waals surface area contributed by atoms with Gasteiger partial charge in [-0.25, -0.2) is 0 Å². The van der Waals surface area contributed by atoms with E-state index in [0.29, 0.717) is 12.2 Å². The maximum Gasteiger partial charge on any atom is 0.179 e. The number of carbonyl (C=O) groups excluding carboxylic acids is 1. The second kappa shape index (κ2) is 6.63. The number of halogens is 1. The molecule has 0 amide bonds. The molecule has 0 spiro atoms. The van der Waals surface area contributed by atoms with Crippen LogP contribution < -0.4 is 0 Å². The van der Waals surface area contributed by atoms with E-state index >= 15 is 0 Å². The first-order chi connectivity index (χ1) is 9.68. The van der Waals surface area contributed by atoms with Gasteiger partial charge in [-0.15, -0.1) is 12.4 Å². The summed E-state index contributed by atoms with van der Waals surface area (Å²) in [7, 11) is 4.18. The number of aryl methyl sites for hydroxylation is 2. The summed E-state index contributed by atoms with van der Waals surface area (Å²) >= 11 is 0. The van der Waals surface area contributed by atoms with Crippen molar-refractivity contribution in [1.82, 2.24) is 9.47 Å². The summed E-state index contributed by atoms with van der Waals surface area (Å²) in [5.74, 6) is 0.326. The average Bonchev–Trinajstić information content (AvgIpc) is 2.75. The Bertz CT molecular complexity index is 646.